The van der Waals surface area contributed by atoms with Gasteiger partial charge in [0.25, 0.3) is 0 Å². The largest absolute Gasteiger partial charge is 0.398 e. The van der Waals surface area contributed by atoms with Gasteiger partial charge in [0.1, 0.15) is 0 Å². The normalized spacial score (nSPS) is 14.3. The summed E-state index contributed by atoms with van der Waals surface area (Å²) in [5.41, 5.74) is 9.38. The maximum absolute atomic E-state index is 12.8. The van der Waals surface area contributed by atoms with Crippen molar-refractivity contribution < 1.29 is 4.79 Å². The number of Topliss-reactive ketones (excluding diaryl/α,β-unsaturated/α-hetero) is 1. The Balaban J connectivity index is 1.52. The van der Waals surface area contributed by atoms with E-state index in [1.54, 1.807) is 12.4 Å². The maximum Gasteiger partial charge on any atom is 0.186 e. The molecule has 0 atom stereocenters. The molecule has 0 spiro atoms. The van der Waals surface area contributed by atoms with Crippen molar-refractivity contribution in [2.24, 2.45) is 0 Å². The second-order valence-electron chi connectivity index (χ2n) is 6.47. The van der Waals surface area contributed by atoms with E-state index < -0.39 is 0 Å². The van der Waals surface area contributed by atoms with E-state index in [4.69, 9.17) is 5.73 Å². The lowest BCUT2D eigenvalue weighted by molar-refractivity contribution is 0.0997. The molecule has 1 aliphatic rings. The van der Waals surface area contributed by atoms with Crippen LogP contribution in [0, 0.1) is 0 Å². The number of pyridine rings is 1. The molecule has 1 saturated heterocycles. The predicted molar refractivity (Wildman–Crippen MR) is 109 cm³/mol. The van der Waals surface area contributed by atoms with E-state index in [0.717, 1.165) is 48.1 Å². The first-order valence-corrected chi connectivity index (χ1v) is 9.77. The van der Waals surface area contributed by atoms with Crippen molar-refractivity contribution in [3.8, 4) is 11.3 Å². The number of hydrogen-bond acceptors (Lipinski definition) is 7. The molecule has 1 aromatic carbocycles. The molecule has 0 saturated carbocycles. The van der Waals surface area contributed by atoms with Gasteiger partial charge in [0.15, 0.2) is 10.9 Å². The summed E-state index contributed by atoms with van der Waals surface area (Å²) in [6.45, 7) is 3.72. The summed E-state index contributed by atoms with van der Waals surface area (Å²) in [6, 6.07) is 11.5. The van der Waals surface area contributed by atoms with Gasteiger partial charge in [-0.3, -0.25) is 9.78 Å². The number of ketones is 1. The predicted octanol–water partition coefficient (Wildman–Crippen LogP) is 2.62. The van der Waals surface area contributed by atoms with Crippen LogP contribution in [-0.4, -0.2) is 41.9 Å². The van der Waals surface area contributed by atoms with Gasteiger partial charge in [0.2, 0.25) is 0 Å². The van der Waals surface area contributed by atoms with Crippen molar-refractivity contribution in [2.45, 2.75) is 6.42 Å². The number of nitrogens with two attached hydrogens (primary N) is 1. The fourth-order valence-corrected chi connectivity index (χ4v) is 4.01. The molecule has 2 aromatic heterocycles. The highest BCUT2D eigenvalue weighted by Crippen LogP contribution is 2.27. The van der Waals surface area contributed by atoms with Crippen LogP contribution in [0.2, 0.25) is 0 Å². The van der Waals surface area contributed by atoms with Crippen molar-refractivity contribution in [3.63, 3.8) is 0 Å². The number of hydrogen-bond donors (Lipinski definition) is 2. The summed E-state index contributed by atoms with van der Waals surface area (Å²) in [5.74, 6) is 0.0405. The molecular weight excluding hydrogens is 358 g/mol. The monoisotopic (exact) mass is 379 g/mol. The van der Waals surface area contributed by atoms with Gasteiger partial charge in [0, 0.05) is 50.0 Å². The molecule has 7 heteroatoms. The smallest absolute Gasteiger partial charge is 0.186 e. The molecule has 4 rings (SSSR count). The molecule has 3 heterocycles. The van der Waals surface area contributed by atoms with Crippen LogP contribution in [0.15, 0.2) is 48.8 Å². The number of carbonyl (C=O) groups is 1. The van der Waals surface area contributed by atoms with Crippen LogP contribution >= 0.6 is 11.3 Å². The molecule has 0 bridgehead atoms. The summed E-state index contributed by atoms with van der Waals surface area (Å²) in [5, 5.41) is 4.23. The topological polar surface area (TPSA) is 84.1 Å². The van der Waals surface area contributed by atoms with E-state index in [9.17, 15) is 4.79 Å². The Bertz CT molecular complexity index is 935. The van der Waals surface area contributed by atoms with Gasteiger partial charge in [-0.25, -0.2) is 4.98 Å². The minimum Gasteiger partial charge on any atom is -0.398 e. The van der Waals surface area contributed by atoms with Crippen LogP contribution in [0.1, 0.15) is 15.2 Å². The third-order valence-corrected chi connectivity index (χ3v) is 5.71. The summed E-state index contributed by atoms with van der Waals surface area (Å²) < 4.78 is 0. The molecule has 1 aliphatic heterocycles. The number of piperazine rings is 1. The number of carbonyl (C=O) groups excluding carboxylic acids is 1. The number of aromatic nitrogens is 2. The quantitative estimate of drug-likeness (QED) is 0.524. The molecule has 0 radical (unpaired) electrons. The van der Waals surface area contributed by atoms with Crippen molar-refractivity contribution in [1.82, 2.24) is 15.3 Å². The van der Waals surface area contributed by atoms with Crippen LogP contribution in [0.4, 0.5) is 10.8 Å². The lowest BCUT2D eigenvalue weighted by atomic mass is 10.0. The fourth-order valence-electron chi connectivity index (χ4n) is 3.11. The highest BCUT2D eigenvalue weighted by atomic mass is 32.1. The zero-order valence-corrected chi connectivity index (χ0v) is 15.7. The molecule has 0 amide bonds. The number of rotatable bonds is 5. The molecule has 6 nitrogen and oxygen atoms in total. The molecule has 27 heavy (non-hydrogen) atoms. The van der Waals surface area contributed by atoms with Gasteiger partial charge in [0.05, 0.1) is 16.8 Å². The first-order valence-electron chi connectivity index (χ1n) is 8.95. The van der Waals surface area contributed by atoms with E-state index in [1.807, 2.05) is 36.4 Å². The number of benzene rings is 1. The van der Waals surface area contributed by atoms with E-state index >= 15 is 0 Å². The number of nitrogens with zero attached hydrogens (tertiary/aromatic N) is 3. The SMILES string of the molecule is Nc1ccc(-c2ccccn2)cc1CC(=O)c1cnc(N2CCNCC2)s1. The second-order valence-corrected chi connectivity index (χ2v) is 7.48. The van der Waals surface area contributed by atoms with Crippen LogP contribution in [-0.2, 0) is 6.42 Å². The van der Waals surface area contributed by atoms with Crippen molar-refractivity contribution in [2.75, 3.05) is 36.8 Å². The Hall–Kier alpha value is -2.77. The number of nitrogen functional groups attached to an aromatic ring is 1. The minimum atomic E-state index is 0.0405. The van der Waals surface area contributed by atoms with Crippen LogP contribution in [0.3, 0.4) is 0 Å². The zero-order chi connectivity index (χ0) is 18.6. The van der Waals surface area contributed by atoms with Gasteiger partial charge in [-0.05, 0) is 29.8 Å². The van der Waals surface area contributed by atoms with Crippen molar-refractivity contribution in [3.05, 3.63) is 59.2 Å². The Kier molecular flexibility index (Phi) is 5.13. The molecule has 1 fully saturated rings. The van der Waals surface area contributed by atoms with Gasteiger partial charge in [-0.2, -0.15) is 0 Å². The molecule has 0 unspecified atom stereocenters. The van der Waals surface area contributed by atoms with E-state index in [-0.39, 0.29) is 12.2 Å². The number of anilines is 2. The first kappa shape index (κ1) is 17.6. The maximum atomic E-state index is 12.8. The Morgan fingerprint density at radius 3 is 2.81 bits per heavy atom. The van der Waals surface area contributed by atoms with Gasteiger partial charge in [-0.15, -0.1) is 0 Å². The second kappa shape index (κ2) is 7.85. The number of nitrogens with one attached hydrogen (secondary N) is 1. The summed E-state index contributed by atoms with van der Waals surface area (Å²) in [4.78, 5) is 24.5. The van der Waals surface area contributed by atoms with Crippen LogP contribution < -0.4 is 16.0 Å². The molecular formula is C20H21N5OS. The Morgan fingerprint density at radius 2 is 2.04 bits per heavy atom. The molecule has 138 valence electrons. The summed E-state index contributed by atoms with van der Waals surface area (Å²) in [7, 11) is 0. The van der Waals surface area contributed by atoms with Gasteiger partial charge < -0.3 is 16.0 Å². The molecule has 3 aromatic rings. The lowest BCUT2D eigenvalue weighted by Crippen LogP contribution is -2.43. The van der Waals surface area contributed by atoms with Crippen LogP contribution in [0.5, 0.6) is 0 Å². The first-order chi connectivity index (χ1) is 13.2. The Morgan fingerprint density at radius 1 is 1.19 bits per heavy atom. The fraction of sp³-hybridized carbons (Fsp3) is 0.250. The highest BCUT2D eigenvalue weighted by Gasteiger charge is 2.18. The number of thiazole rings is 1. The average molecular weight is 379 g/mol. The van der Waals surface area contributed by atoms with Crippen molar-refractivity contribution >= 4 is 27.9 Å². The van der Waals surface area contributed by atoms with Crippen LogP contribution in [0.25, 0.3) is 11.3 Å². The summed E-state index contributed by atoms with van der Waals surface area (Å²) >= 11 is 1.46. The summed E-state index contributed by atoms with van der Waals surface area (Å²) in [6.07, 6.45) is 3.70. The minimum absolute atomic E-state index is 0.0405. The van der Waals surface area contributed by atoms with E-state index in [1.165, 1.54) is 11.3 Å². The van der Waals surface area contributed by atoms with E-state index in [0.29, 0.717) is 10.6 Å². The molecule has 0 aliphatic carbocycles. The third kappa shape index (κ3) is 3.99. The molecule has 3 N–H and O–H groups in total. The third-order valence-electron chi connectivity index (χ3n) is 4.61. The van der Waals surface area contributed by atoms with Gasteiger partial charge in [-0.1, -0.05) is 23.5 Å². The average Bonchev–Trinajstić information content (AvgIpc) is 3.21. The standard InChI is InChI=1S/C20H21N5OS/c21-16-5-4-14(17-3-1-2-6-23-17)11-15(16)12-18(26)19-13-24-20(27-19)25-9-7-22-8-10-25/h1-6,11,13,22H,7-10,12,21H2. The van der Waals surface area contributed by atoms with E-state index in [2.05, 4.69) is 20.2 Å². The Labute approximate surface area is 162 Å². The zero-order valence-electron chi connectivity index (χ0n) is 14.9. The lowest BCUT2D eigenvalue weighted by Gasteiger charge is -2.26. The van der Waals surface area contributed by atoms with Gasteiger partial charge >= 0.3 is 0 Å². The van der Waals surface area contributed by atoms with Crippen molar-refractivity contribution in [1.29, 1.82) is 0 Å². The highest BCUT2D eigenvalue weighted by molar-refractivity contribution is 7.17.